The standard InChI is InChI=1S/C24H26ClN3O5/c1-15(2)21(26-23(30)19-9-8-18(28(32)33)14-20(19)25)24(31)27-12-10-17(11-13-27)22(29)16-6-4-3-5-7-16/h3-9,14-15,17,21H,10-13H2,1-2H3,(H,26,30). The molecule has 0 bridgehead atoms. The predicted molar refractivity (Wildman–Crippen MR) is 124 cm³/mol. The first-order chi connectivity index (χ1) is 15.7. The SMILES string of the molecule is CC(C)C(NC(=O)c1ccc([N+](=O)[O-])cc1Cl)C(=O)N1CCC(C(=O)c2ccccc2)CC1. The number of nitrogens with zero attached hydrogens (tertiary/aromatic N) is 2. The number of nitro benzene ring substituents is 1. The minimum Gasteiger partial charge on any atom is -0.341 e. The van der Waals surface area contributed by atoms with Crippen molar-refractivity contribution in [3.8, 4) is 0 Å². The minimum absolute atomic E-state index is 0.0584. The second kappa shape index (κ2) is 10.6. The van der Waals surface area contributed by atoms with Crippen LogP contribution in [0.2, 0.25) is 5.02 Å². The molecule has 174 valence electrons. The molecule has 1 atom stereocenters. The quantitative estimate of drug-likeness (QED) is 0.371. The molecule has 1 aliphatic heterocycles. The van der Waals surface area contributed by atoms with Crippen LogP contribution in [0.1, 0.15) is 47.4 Å². The molecule has 2 aromatic rings. The van der Waals surface area contributed by atoms with Crippen molar-refractivity contribution >= 4 is 34.9 Å². The number of nitrogens with one attached hydrogen (secondary N) is 1. The van der Waals surface area contributed by atoms with Crippen LogP contribution in [0.3, 0.4) is 0 Å². The molecular formula is C24H26ClN3O5. The Balaban J connectivity index is 1.64. The molecule has 0 saturated carbocycles. The summed E-state index contributed by atoms with van der Waals surface area (Å²) < 4.78 is 0. The monoisotopic (exact) mass is 471 g/mol. The van der Waals surface area contributed by atoms with Crippen LogP contribution >= 0.6 is 11.6 Å². The lowest BCUT2D eigenvalue weighted by Crippen LogP contribution is -2.53. The average Bonchev–Trinajstić information content (AvgIpc) is 2.81. The molecule has 1 heterocycles. The van der Waals surface area contributed by atoms with E-state index in [0.717, 1.165) is 6.07 Å². The lowest BCUT2D eigenvalue weighted by molar-refractivity contribution is -0.384. The Labute approximate surface area is 197 Å². The highest BCUT2D eigenvalue weighted by atomic mass is 35.5. The van der Waals surface area contributed by atoms with Gasteiger partial charge in [-0.1, -0.05) is 55.8 Å². The molecule has 1 aliphatic rings. The lowest BCUT2D eigenvalue weighted by Gasteiger charge is -2.35. The van der Waals surface area contributed by atoms with E-state index in [-0.39, 0.29) is 39.8 Å². The third-order valence-electron chi connectivity index (χ3n) is 5.86. The molecule has 0 radical (unpaired) electrons. The van der Waals surface area contributed by atoms with Crippen molar-refractivity contribution in [3.63, 3.8) is 0 Å². The molecule has 2 aromatic carbocycles. The number of non-ortho nitro benzene ring substituents is 1. The summed E-state index contributed by atoms with van der Waals surface area (Å²) in [5.41, 5.74) is 0.517. The van der Waals surface area contributed by atoms with Gasteiger partial charge in [-0.3, -0.25) is 24.5 Å². The van der Waals surface area contributed by atoms with E-state index in [1.807, 2.05) is 32.0 Å². The third kappa shape index (κ3) is 5.76. The Morgan fingerprint density at radius 1 is 1.09 bits per heavy atom. The van der Waals surface area contributed by atoms with Crippen LogP contribution in [0.25, 0.3) is 0 Å². The van der Waals surface area contributed by atoms with E-state index in [1.54, 1.807) is 17.0 Å². The van der Waals surface area contributed by atoms with Crippen LogP contribution in [-0.2, 0) is 4.79 Å². The predicted octanol–water partition coefficient (Wildman–Crippen LogP) is 4.12. The van der Waals surface area contributed by atoms with Gasteiger partial charge in [-0.25, -0.2) is 0 Å². The van der Waals surface area contributed by atoms with E-state index in [9.17, 15) is 24.5 Å². The highest BCUT2D eigenvalue weighted by Gasteiger charge is 2.33. The van der Waals surface area contributed by atoms with E-state index < -0.39 is 16.9 Å². The fourth-order valence-corrected chi connectivity index (χ4v) is 4.19. The normalized spacial score (nSPS) is 15.2. The fourth-order valence-electron chi connectivity index (χ4n) is 3.93. The van der Waals surface area contributed by atoms with E-state index >= 15 is 0 Å². The Hall–Kier alpha value is -3.26. The highest BCUT2D eigenvalue weighted by molar-refractivity contribution is 6.34. The number of carbonyl (C=O) groups excluding carboxylic acids is 3. The number of amides is 2. The molecule has 2 amide bonds. The Morgan fingerprint density at radius 2 is 1.73 bits per heavy atom. The van der Waals surface area contributed by atoms with Gasteiger partial charge in [0.25, 0.3) is 11.6 Å². The molecule has 1 saturated heterocycles. The summed E-state index contributed by atoms with van der Waals surface area (Å²) >= 11 is 6.06. The van der Waals surface area contributed by atoms with Crippen LogP contribution < -0.4 is 5.32 Å². The van der Waals surface area contributed by atoms with Gasteiger partial charge in [0.2, 0.25) is 5.91 Å². The van der Waals surface area contributed by atoms with Crippen LogP contribution in [0, 0.1) is 22.0 Å². The first-order valence-corrected chi connectivity index (χ1v) is 11.2. The van der Waals surface area contributed by atoms with E-state index in [0.29, 0.717) is 31.5 Å². The zero-order valence-corrected chi connectivity index (χ0v) is 19.2. The fraction of sp³-hybridized carbons (Fsp3) is 0.375. The number of halogens is 1. The summed E-state index contributed by atoms with van der Waals surface area (Å²) in [7, 11) is 0. The van der Waals surface area contributed by atoms with E-state index in [4.69, 9.17) is 11.6 Å². The number of carbonyl (C=O) groups is 3. The topological polar surface area (TPSA) is 110 Å². The average molecular weight is 472 g/mol. The number of piperidine rings is 1. The lowest BCUT2D eigenvalue weighted by atomic mass is 9.88. The highest BCUT2D eigenvalue weighted by Crippen LogP contribution is 2.25. The number of nitro groups is 1. The van der Waals surface area contributed by atoms with Crippen molar-refractivity contribution in [3.05, 3.63) is 74.8 Å². The third-order valence-corrected chi connectivity index (χ3v) is 6.18. The number of rotatable bonds is 7. The molecule has 1 N–H and O–H groups in total. The number of likely N-dealkylation sites (tertiary alicyclic amines) is 1. The van der Waals surface area contributed by atoms with Gasteiger partial charge in [-0.2, -0.15) is 0 Å². The van der Waals surface area contributed by atoms with Gasteiger partial charge >= 0.3 is 0 Å². The molecule has 1 unspecified atom stereocenters. The van der Waals surface area contributed by atoms with Gasteiger partial charge in [0.1, 0.15) is 6.04 Å². The molecule has 0 spiro atoms. The largest absolute Gasteiger partial charge is 0.341 e. The van der Waals surface area contributed by atoms with Crippen molar-refractivity contribution in [2.45, 2.75) is 32.7 Å². The van der Waals surface area contributed by atoms with Gasteiger partial charge < -0.3 is 10.2 Å². The Morgan fingerprint density at radius 3 is 2.27 bits per heavy atom. The summed E-state index contributed by atoms with van der Waals surface area (Å²) in [6, 6.07) is 11.9. The summed E-state index contributed by atoms with van der Waals surface area (Å²) in [6.45, 7) is 4.51. The second-order valence-electron chi connectivity index (χ2n) is 8.45. The molecule has 0 aromatic heterocycles. The number of benzene rings is 2. The summed E-state index contributed by atoms with van der Waals surface area (Å²) in [5.74, 6) is -1.04. The maximum atomic E-state index is 13.2. The Kier molecular flexibility index (Phi) is 7.81. The first-order valence-electron chi connectivity index (χ1n) is 10.8. The second-order valence-corrected chi connectivity index (χ2v) is 8.85. The van der Waals surface area contributed by atoms with Crippen LogP contribution in [0.4, 0.5) is 5.69 Å². The van der Waals surface area contributed by atoms with Gasteiger partial charge in [0.05, 0.1) is 15.5 Å². The maximum absolute atomic E-state index is 13.2. The minimum atomic E-state index is -0.787. The summed E-state index contributed by atoms with van der Waals surface area (Å²) in [6.07, 6.45) is 1.12. The summed E-state index contributed by atoms with van der Waals surface area (Å²) in [5, 5.41) is 13.6. The van der Waals surface area contributed by atoms with Crippen molar-refractivity contribution < 1.29 is 19.3 Å². The number of Topliss-reactive ketones (excluding diaryl/α,β-unsaturated/α-hetero) is 1. The van der Waals surface area contributed by atoms with Gasteiger partial charge in [-0.05, 0) is 24.8 Å². The number of hydrogen-bond acceptors (Lipinski definition) is 5. The van der Waals surface area contributed by atoms with Gasteiger partial charge in [0.15, 0.2) is 5.78 Å². The molecule has 8 nitrogen and oxygen atoms in total. The van der Waals surface area contributed by atoms with Crippen molar-refractivity contribution in [2.24, 2.45) is 11.8 Å². The number of ketones is 1. The van der Waals surface area contributed by atoms with E-state index in [2.05, 4.69) is 5.32 Å². The van der Waals surface area contributed by atoms with Gasteiger partial charge in [-0.15, -0.1) is 0 Å². The molecule has 1 fully saturated rings. The van der Waals surface area contributed by atoms with Crippen LogP contribution in [-0.4, -0.2) is 46.6 Å². The molecule has 33 heavy (non-hydrogen) atoms. The summed E-state index contributed by atoms with van der Waals surface area (Å²) in [4.78, 5) is 50.6. The Bertz CT molecular complexity index is 1050. The molecule has 9 heteroatoms. The van der Waals surface area contributed by atoms with Gasteiger partial charge in [0, 0.05) is 36.7 Å². The molecule has 0 aliphatic carbocycles. The van der Waals surface area contributed by atoms with Crippen molar-refractivity contribution in [1.82, 2.24) is 10.2 Å². The molecular weight excluding hydrogens is 446 g/mol. The smallest absolute Gasteiger partial charge is 0.270 e. The van der Waals surface area contributed by atoms with E-state index in [1.165, 1.54) is 12.1 Å². The first kappa shape index (κ1) is 24.4. The van der Waals surface area contributed by atoms with Crippen LogP contribution in [0.5, 0.6) is 0 Å². The maximum Gasteiger partial charge on any atom is 0.270 e. The van der Waals surface area contributed by atoms with Crippen molar-refractivity contribution in [2.75, 3.05) is 13.1 Å². The number of hydrogen-bond donors (Lipinski definition) is 1. The molecule has 3 rings (SSSR count). The zero-order valence-electron chi connectivity index (χ0n) is 18.5. The van der Waals surface area contributed by atoms with Crippen LogP contribution in [0.15, 0.2) is 48.5 Å². The van der Waals surface area contributed by atoms with Crippen molar-refractivity contribution in [1.29, 1.82) is 0 Å². The zero-order chi connectivity index (χ0) is 24.1.